The molecule has 0 unspecified atom stereocenters. The number of carbonyl (C=O) groups excluding carboxylic acids is 1. The highest BCUT2D eigenvalue weighted by Crippen LogP contribution is 2.27. The van der Waals surface area contributed by atoms with Gasteiger partial charge in [0.25, 0.3) is 5.91 Å². The summed E-state index contributed by atoms with van der Waals surface area (Å²) in [4.78, 5) is 22.8. The van der Waals surface area contributed by atoms with Gasteiger partial charge in [0.2, 0.25) is 0 Å². The fourth-order valence-electron chi connectivity index (χ4n) is 1.20. The number of aromatic carboxylic acids is 1. The van der Waals surface area contributed by atoms with Crippen LogP contribution in [0.4, 0.5) is 5.69 Å². The van der Waals surface area contributed by atoms with Crippen LogP contribution in [0.25, 0.3) is 0 Å². The van der Waals surface area contributed by atoms with Crippen LogP contribution >= 0.6 is 22.9 Å². The van der Waals surface area contributed by atoms with Crippen molar-refractivity contribution in [3.63, 3.8) is 0 Å². The third kappa shape index (κ3) is 2.32. The number of amides is 1. The van der Waals surface area contributed by atoms with Crippen LogP contribution in [0, 0.1) is 6.92 Å². The van der Waals surface area contributed by atoms with Crippen molar-refractivity contribution in [3.8, 4) is 0 Å². The Morgan fingerprint density at radius 3 is 2.76 bits per heavy atom. The summed E-state index contributed by atoms with van der Waals surface area (Å²) in [6.07, 6.45) is 0. The van der Waals surface area contributed by atoms with Crippen molar-refractivity contribution >= 4 is 40.4 Å². The summed E-state index contributed by atoms with van der Waals surface area (Å²) in [6.45, 7) is 1.73. The molecule has 2 aromatic rings. The molecule has 0 aliphatic heterocycles. The molecular weight excluding hydrogens is 262 g/mol. The predicted molar refractivity (Wildman–Crippen MR) is 63.9 cm³/mol. The maximum atomic E-state index is 11.7. The number of carboxylic acid groups (broad SMARTS) is 1. The van der Waals surface area contributed by atoms with Crippen molar-refractivity contribution in [2.45, 2.75) is 6.92 Å². The number of carbonyl (C=O) groups is 2. The van der Waals surface area contributed by atoms with E-state index in [0.717, 1.165) is 22.9 Å². The number of nitrogens with zero attached hydrogens (tertiary/aromatic N) is 2. The van der Waals surface area contributed by atoms with Gasteiger partial charge in [-0.05, 0) is 29.4 Å². The molecule has 17 heavy (non-hydrogen) atoms. The topological polar surface area (TPSA) is 92.2 Å². The number of rotatable bonds is 3. The number of hydrogen-bond donors (Lipinski definition) is 2. The quantitative estimate of drug-likeness (QED) is 0.887. The van der Waals surface area contributed by atoms with Crippen LogP contribution in [0.3, 0.4) is 0 Å². The molecule has 0 aliphatic carbocycles. The molecule has 88 valence electrons. The van der Waals surface area contributed by atoms with Crippen molar-refractivity contribution in [2.75, 3.05) is 5.32 Å². The van der Waals surface area contributed by atoms with Gasteiger partial charge in [0, 0.05) is 5.38 Å². The summed E-state index contributed by atoms with van der Waals surface area (Å²) in [6, 6.07) is 0. The summed E-state index contributed by atoms with van der Waals surface area (Å²) in [5.74, 6) is -1.52. The van der Waals surface area contributed by atoms with E-state index in [9.17, 15) is 9.59 Å². The summed E-state index contributed by atoms with van der Waals surface area (Å²) < 4.78 is 3.57. The number of carboxylic acids is 1. The molecule has 0 aromatic carbocycles. The van der Waals surface area contributed by atoms with Gasteiger partial charge in [-0.25, -0.2) is 4.79 Å². The average Bonchev–Trinajstić information content (AvgIpc) is 2.89. The maximum Gasteiger partial charge on any atom is 0.348 e. The SMILES string of the molecule is Cc1csc(C(=O)O)c1NC(=O)c1csnn1. The van der Waals surface area contributed by atoms with E-state index in [-0.39, 0.29) is 10.6 Å². The van der Waals surface area contributed by atoms with Crippen molar-refractivity contribution < 1.29 is 14.7 Å². The Morgan fingerprint density at radius 1 is 1.41 bits per heavy atom. The Hall–Kier alpha value is -1.80. The van der Waals surface area contributed by atoms with E-state index in [1.807, 2.05) is 0 Å². The number of aryl methyl sites for hydroxylation is 1. The number of thiophene rings is 1. The van der Waals surface area contributed by atoms with Crippen LogP contribution < -0.4 is 5.32 Å². The molecule has 1 amide bonds. The lowest BCUT2D eigenvalue weighted by Crippen LogP contribution is -2.14. The Balaban J connectivity index is 2.27. The van der Waals surface area contributed by atoms with E-state index in [4.69, 9.17) is 5.11 Å². The van der Waals surface area contributed by atoms with Crippen LogP contribution in [0.15, 0.2) is 10.8 Å². The first kappa shape index (κ1) is 11.7. The normalized spacial score (nSPS) is 10.2. The van der Waals surface area contributed by atoms with Gasteiger partial charge in [0.15, 0.2) is 5.69 Å². The largest absolute Gasteiger partial charge is 0.477 e. The fourth-order valence-corrected chi connectivity index (χ4v) is 2.48. The third-order valence-electron chi connectivity index (χ3n) is 2.00. The second kappa shape index (κ2) is 4.60. The molecule has 0 atom stereocenters. The standard InChI is InChI=1S/C9H7N3O3S2/c1-4-2-16-7(9(14)15)6(4)10-8(13)5-3-17-12-11-5/h2-3H,1H3,(H,10,13)(H,14,15). The monoisotopic (exact) mass is 269 g/mol. The van der Waals surface area contributed by atoms with E-state index >= 15 is 0 Å². The predicted octanol–water partition coefficient (Wildman–Crippen LogP) is 1.86. The van der Waals surface area contributed by atoms with Crippen molar-refractivity contribution in [3.05, 3.63) is 26.9 Å². The highest BCUT2D eigenvalue weighted by atomic mass is 32.1. The second-order valence-corrected chi connectivity index (χ2v) is 4.66. The Kier molecular flexibility index (Phi) is 3.16. The minimum atomic E-state index is -1.06. The molecule has 0 bridgehead atoms. The van der Waals surface area contributed by atoms with E-state index in [1.54, 1.807) is 12.3 Å². The summed E-state index contributed by atoms with van der Waals surface area (Å²) in [5.41, 5.74) is 1.21. The second-order valence-electron chi connectivity index (χ2n) is 3.17. The van der Waals surface area contributed by atoms with E-state index in [1.165, 1.54) is 5.38 Å². The van der Waals surface area contributed by atoms with Crippen LogP contribution in [0.1, 0.15) is 25.7 Å². The molecule has 2 rings (SSSR count). The van der Waals surface area contributed by atoms with Crippen molar-refractivity contribution in [2.24, 2.45) is 0 Å². The zero-order valence-corrected chi connectivity index (χ0v) is 10.3. The van der Waals surface area contributed by atoms with Crippen LogP contribution in [0.5, 0.6) is 0 Å². The molecule has 2 heterocycles. The van der Waals surface area contributed by atoms with Gasteiger partial charge >= 0.3 is 5.97 Å². The molecule has 2 aromatic heterocycles. The van der Waals surface area contributed by atoms with E-state index in [2.05, 4.69) is 14.9 Å². The first-order valence-corrected chi connectivity index (χ1v) is 6.21. The third-order valence-corrected chi connectivity index (χ3v) is 3.59. The molecule has 0 saturated carbocycles. The van der Waals surface area contributed by atoms with E-state index in [0.29, 0.717) is 11.3 Å². The number of aromatic nitrogens is 2. The lowest BCUT2D eigenvalue weighted by molar-refractivity contribution is 0.0703. The van der Waals surface area contributed by atoms with Gasteiger partial charge in [0.05, 0.1) is 5.69 Å². The Bertz CT molecular complexity index is 562. The zero-order valence-electron chi connectivity index (χ0n) is 8.63. The molecule has 0 saturated heterocycles. The molecule has 6 nitrogen and oxygen atoms in total. The fraction of sp³-hybridized carbons (Fsp3) is 0.111. The lowest BCUT2D eigenvalue weighted by Gasteiger charge is -2.03. The lowest BCUT2D eigenvalue weighted by atomic mass is 10.2. The Morgan fingerprint density at radius 2 is 2.18 bits per heavy atom. The molecular formula is C9H7N3O3S2. The first-order valence-electron chi connectivity index (χ1n) is 4.49. The molecule has 2 N–H and O–H groups in total. The van der Waals surface area contributed by atoms with Crippen LogP contribution in [-0.4, -0.2) is 26.6 Å². The summed E-state index contributed by atoms with van der Waals surface area (Å²) in [5, 5.41) is 18.3. The summed E-state index contributed by atoms with van der Waals surface area (Å²) >= 11 is 2.14. The van der Waals surface area contributed by atoms with E-state index < -0.39 is 11.9 Å². The molecule has 0 aliphatic rings. The van der Waals surface area contributed by atoms with Gasteiger partial charge in [-0.1, -0.05) is 4.49 Å². The zero-order chi connectivity index (χ0) is 12.4. The average molecular weight is 269 g/mol. The maximum absolute atomic E-state index is 11.7. The van der Waals surface area contributed by atoms with Crippen molar-refractivity contribution in [1.29, 1.82) is 0 Å². The molecule has 8 heteroatoms. The van der Waals surface area contributed by atoms with Crippen molar-refractivity contribution in [1.82, 2.24) is 9.59 Å². The van der Waals surface area contributed by atoms with Gasteiger partial charge in [-0.3, -0.25) is 4.79 Å². The number of anilines is 1. The van der Waals surface area contributed by atoms with Crippen LogP contribution in [-0.2, 0) is 0 Å². The van der Waals surface area contributed by atoms with Gasteiger partial charge in [0.1, 0.15) is 4.88 Å². The minimum absolute atomic E-state index is 0.110. The van der Waals surface area contributed by atoms with Gasteiger partial charge in [-0.2, -0.15) is 0 Å². The summed E-state index contributed by atoms with van der Waals surface area (Å²) in [7, 11) is 0. The minimum Gasteiger partial charge on any atom is -0.477 e. The number of nitrogens with one attached hydrogen (secondary N) is 1. The molecule has 0 radical (unpaired) electrons. The smallest absolute Gasteiger partial charge is 0.348 e. The molecule has 0 fully saturated rings. The van der Waals surface area contributed by atoms with Gasteiger partial charge < -0.3 is 10.4 Å². The number of hydrogen-bond acceptors (Lipinski definition) is 6. The highest BCUT2D eigenvalue weighted by molar-refractivity contribution is 7.12. The van der Waals surface area contributed by atoms with Crippen LogP contribution in [0.2, 0.25) is 0 Å². The molecule has 0 spiro atoms. The highest BCUT2D eigenvalue weighted by Gasteiger charge is 2.18. The Labute approximate surface area is 104 Å². The first-order chi connectivity index (χ1) is 8.09. The van der Waals surface area contributed by atoms with Gasteiger partial charge in [-0.15, -0.1) is 16.4 Å².